The number of pyridine rings is 1. The van der Waals surface area contributed by atoms with E-state index < -0.39 is 0 Å². The average molecular weight is 361 g/mol. The standard InChI is InChI=1S/C22H27N5/c1-16-20(27-11-6-5-9-21(27)24-16)15-26-12-10-19-18(14-26)13-23-22(25-19)17-7-3-2-4-8-17/h5-6,9,11,13,17H,2-4,7-8,10,12,14-15H2,1H3. The van der Waals surface area contributed by atoms with Gasteiger partial charge < -0.3 is 4.40 Å². The molecular formula is C22H27N5. The number of hydrogen-bond donors (Lipinski definition) is 0. The van der Waals surface area contributed by atoms with Crippen molar-refractivity contribution in [3.63, 3.8) is 0 Å². The van der Waals surface area contributed by atoms with Crippen molar-refractivity contribution in [1.82, 2.24) is 24.3 Å². The van der Waals surface area contributed by atoms with Gasteiger partial charge in [0.25, 0.3) is 0 Å². The van der Waals surface area contributed by atoms with E-state index in [4.69, 9.17) is 15.0 Å². The molecule has 140 valence electrons. The Morgan fingerprint density at radius 1 is 1.11 bits per heavy atom. The van der Waals surface area contributed by atoms with Gasteiger partial charge in [0.05, 0.1) is 11.4 Å². The van der Waals surface area contributed by atoms with Crippen LogP contribution in [0.25, 0.3) is 5.65 Å². The highest BCUT2D eigenvalue weighted by Crippen LogP contribution is 2.31. The molecule has 1 saturated carbocycles. The molecule has 0 aromatic carbocycles. The monoisotopic (exact) mass is 361 g/mol. The van der Waals surface area contributed by atoms with Gasteiger partial charge >= 0.3 is 0 Å². The highest BCUT2D eigenvalue weighted by atomic mass is 15.2. The third-order valence-electron chi connectivity index (χ3n) is 6.20. The lowest BCUT2D eigenvalue weighted by Crippen LogP contribution is -2.32. The molecule has 4 heterocycles. The summed E-state index contributed by atoms with van der Waals surface area (Å²) in [5.41, 5.74) is 6.01. The lowest BCUT2D eigenvalue weighted by atomic mass is 9.88. The fourth-order valence-electron chi connectivity index (χ4n) is 4.65. The molecule has 0 radical (unpaired) electrons. The summed E-state index contributed by atoms with van der Waals surface area (Å²) in [6, 6.07) is 6.19. The Morgan fingerprint density at radius 2 is 2.00 bits per heavy atom. The second-order valence-electron chi connectivity index (χ2n) is 8.07. The molecule has 0 atom stereocenters. The molecule has 1 aliphatic carbocycles. The molecule has 0 spiro atoms. The van der Waals surface area contributed by atoms with Gasteiger partial charge in [-0.25, -0.2) is 15.0 Å². The van der Waals surface area contributed by atoms with Crippen LogP contribution >= 0.6 is 0 Å². The van der Waals surface area contributed by atoms with Gasteiger partial charge in [-0.05, 0) is 31.9 Å². The van der Waals surface area contributed by atoms with Gasteiger partial charge in [-0.2, -0.15) is 0 Å². The van der Waals surface area contributed by atoms with E-state index in [9.17, 15) is 0 Å². The maximum Gasteiger partial charge on any atom is 0.137 e. The van der Waals surface area contributed by atoms with Crippen molar-refractivity contribution in [2.75, 3.05) is 6.54 Å². The molecule has 0 amide bonds. The third-order valence-corrected chi connectivity index (χ3v) is 6.20. The fraction of sp³-hybridized carbons (Fsp3) is 0.500. The van der Waals surface area contributed by atoms with E-state index in [-0.39, 0.29) is 0 Å². The second-order valence-corrected chi connectivity index (χ2v) is 8.07. The SMILES string of the molecule is Cc1nc2ccccn2c1CN1CCc2nc(C3CCCCC3)ncc2C1. The first-order chi connectivity index (χ1) is 13.3. The van der Waals surface area contributed by atoms with Crippen molar-refractivity contribution in [1.29, 1.82) is 0 Å². The van der Waals surface area contributed by atoms with Crippen LogP contribution in [0.15, 0.2) is 30.6 Å². The predicted molar refractivity (Wildman–Crippen MR) is 106 cm³/mol. The molecule has 0 unspecified atom stereocenters. The Labute approximate surface area is 160 Å². The minimum absolute atomic E-state index is 0.586. The van der Waals surface area contributed by atoms with Crippen LogP contribution in [0.4, 0.5) is 0 Å². The normalized spacial score (nSPS) is 18.7. The summed E-state index contributed by atoms with van der Waals surface area (Å²) < 4.78 is 2.22. The quantitative estimate of drug-likeness (QED) is 0.706. The number of fused-ring (bicyclic) bond motifs is 2. The van der Waals surface area contributed by atoms with Crippen molar-refractivity contribution in [3.8, 4) is 0 Å². The minimum atomic E-state index is 0.586. The summed E-state index contributed by atoms with van der Waals surface area (Å²) in [7, 11) is 0. The van der Waals surface area contributed by atoms with E-state index in [1.807, 2.05) is 6.07 Å². The summed E-state index contributed by atoms with van der Waals surface area (Å²) in [5, 5.41) is 0. The molecule has 0 bridgehead atoms. The first kappa shape index (κ1) is 16.9. The van der Waals surface area contributed by atoms with Gasteiger partial charge in [-0.15, -0.1) is 0 Å². The molecule has 5 rings (SSSR count). The number of hydrogen-bond acceptors (Lipinski definition) is 4. The molecule has 0 saturated heterocycles. The van der Waals surface area contributed by atoms with Crippen LogP contribution in [-0.2, 0) is 19.5 Å². The molecule has 1 fully saturated rings. The Balaban J connectivity index is 1.34. The first-order valence-corrected chi connectivity index (χ1v) is 10.3. The zero-order chi connectivity index (χ0) is 18.2. The second kappa shape index (κ2) is 7.04. The van der Waals surface area contributed by atoms with Gasteiger partial charge in [0.1, 0.15) is 11.5 Å². The van der Waals surface area contributed by atoms with E-state index in [2.05, 4.69) is 40.8 Å². The number of imidazole rings is 1. The van der Waals surface area contributed by atoms with Gasteiger partial charge in [-0.3, -0.25) is 4.90 Å². The lowest BCUT2D eigenvalue weighted by Gasteiger charge is -2.29. The zero-order valence-electron chi connectivity index (χ0n) is 16.1. The molecule has 3 aromatic rings. The smallest absolute Gasteiger partial charge is 0.137 e. The topological polar surface area (TPSA) is 46.3 Å². The number of aromatic nitrogens is 4. The van der Waals surface area contributed by atoms with Gasteiger partial charge in [-0.1, -0.05) is 25.3 Å². The molecule has 3 aromatic heterocycles. The fourth-order valence-corrected chi connectivity index (χ4v) is 4.65. The Morgan fingerprint density at radius 3 is 2.89 bits per heavy atom. The van der Waals surface area contributed by atoms with Crippen LogP contribution in [0.2, 0.25) is 0 Å². The summed E-state index contributed by atoms with van der Waals surface area (Å²) in [6.45, 7) is 5.01. The van der Waals surface area contributed by atoms with Crippen molar-refractivity contribution in [3.05, 3.63) is 59.1 Å². The van der Waals surface area contributed by atoms with Crippen LogP contribution in [0, 0.1) is 6.92 Å². The molecule has 5 nitrogen and oxygen atoms in total. The molecular weight excluding hydrogens is 334 g/mol. The summed E-state index contributed by atoms with van der Waals surface area (Å²) in [4.78, 5) is 16.9. The largest absolute Gasteiger partial charge is 0.302 e. The Bertz CT molecular complexity index is 954. The lowest BCUT2D eigenvalue weighted by molar-refractivity contribution is 0.238. The summed E-state index contributed by atoms with van der Waals surface area (Å²) >= 11 is 0. The highest BCUT2D eigenvalue weighted by Gasteiger charge is 2.23. The van der Waals surface area contributed by atoms with Crippen LogP contribution in [0.1, 0.15) is 66.5 Å². The number of aryl methyl sites for hydroxylation is 1. The van der Waals surface area contributed by atoms with Crippen molar-refractivity contribution < 1.29 is 0 Å². The summed E-state index contributed by atoms with van der Waals surface area (Å²) in [6.07, 6.45) is 11.8. The van der Waals surface area contributed by atoms with Crippen molar-refractivity contribution >= 4 is 5.65 Å². The van der Waals surface area contributed by atoms with E-state index in [1.54, 1.807) is 0 Å². The Hall–Kier alpha value is -2.27. The van der Waals surface area contributed by atoms with Crippen LogP contribution in [0.5, 0.6) is 0 Å². The van der Waals surface area contributed by atoms with Crippen LogP contribution < -0.4 is 0 Å². The van der Waals surface area contributed by atoms with Gasteiger partial charge in [0.2, 0.25) is 0 Å². The van der Waals surface area contributed by atoms with Crippen molar-refractivity contribution in [2.24, 2.45) is 0 Å². The molecule has 2 aliphatic rings. The molecule has 0 N–H and O–H groups in total. The van der Waals surface area contributed by atoms with E-state index in [0.717, 1.165) is 43.2 Å². The minimum Gasteiger partial charge on any atom is -0.302 e. The maximum absolute atomic E-state index is 4.98. The van der Waals surface area contributed by atoms with Gasteiger partial charge in [0.15, 0.2) is 0 Å². The predicted octanol–water partition coefficient (Wildman–Crippen LogP) is 4.04. The van der Waals surface area contributed by atoms with E-state index in [0.29, 0.717) is 5.92 Å². The highest BCUT2D eigenvalue weighted by molar-refractivity contribution is 5.42. The average Bonchev–Trinajstić information content (AvgIpc) is 3.03. The molecule has 5 heteroatoms. The van der Waals surface area contributed by atoms with Crippen LogP contribution in [0.3, 0.4) is 0 Å². The molecule has 1 aliphatic heterocycles. The molecule has 27 heavy (non-hydrogen) atoms. The van der Waals surface area contributed by atoms with E-state index in [1.165, 1.54) is 49.1 Å². The van der Waals surface area contributed by atoms with Crippen LogP contribution in [-0.4, -0.2) is 30.8 Å². The first-order valence-electron chi connectivity index (χ1n) is 10.3. The Kier molecular flexibility index (Phi) is 4.40. The summed E-state index contributed by atoms with van der Waals surface area (Å²) in [5.74, 6) is 1.68. The number of rotatable bonds is 3. The third kappa shape index (κ3) is 3.25. The maximum atomic E-state index is 4.98. The van der Waals surface area contributed by atoms with Crippen molar-refractivity contribution in [2.45, 2.75) is 64.5 Å². The zero-order valence-corrected chi connectivity index (χ0v) is 16.1. The number of nitrogens with zero attached hydrogens (tertiary/aromatic N) is 5. The van der Waals surface area contributed by atoms with E-state index >= 15 is 0 Å². The van der Waals surface area contributed by atoms with Gasteiger partial charge in [0, 0.05) is 55.6 Å².